The van der Waals surface area contributed by atoms with E-state index in [1.54, 1.807) is 0 Å². The predicted octanol–water partition coefficient (Wildman–Crippen LogP) is 1.89. The van der Waals surface area contributed by atoms with Crippen LogP contribution >= 0.6 is 11.6 Å². The van der Waals surface area contributed by atoms with Gasteiger partial charge in [-0.2, -0.15) is 0 Å². The van der Waals surface area contributed by atoms with Crippen LogP contribution in [0.5, 0.6) is 5.88 Å². The predicted molar refractivity (Wildman–Crippen MR) is 74.8 cm³/mol. The van der Waals surface area contributed by atoms with E-state index in [9.17, 15) is 24.8 Å². The Labute approximate surface area is 122 Å². The van der Waals surface area contributed by atoms with Gasteiger partial charge in [0, 0.05) is 24.3 Å². The van der Waals surface area contributed by atoms with Crippen molar-refractivity contribution in [3.8, 4) is 5.88 Å². The summed E-state index contributed by atoms with van der Waals surface area (Å²) in [6, 6.07) is 5.57. The first-order valence-electron chi connectivity index (χ1n) is 5.55. The fraction of sp³-hybridized carbons (Fsp3) is 0. The highest BCUT2D eigenvalue weighted by molar-refractivity contribution is 6.34. The van der Waals surface area contributed by atoms with E-state index >= 15 is 0 Å². The first kappa shape index (κ1) is 14.5. The minimum Gasteiger partial charge on any atom is -0.494 e. The second-order valence-corrected chi connectivity index (χ2v) is 4.40. The summed E-state index contributed by atoms with van der Waals surface area (Å²) < 4.78 is 0. The Morgan fingerprint density at radius 3 is 2.67 bits per heavy atom. The SMILES string of the molecule is O=C(Nc1cc([N+](=O)[O-])ccc1Cl)c1cc(O)[nH]c(=O)c1. The molecule has 2 aromatic rings. The number of nitro benzene ring substituents is 1. The van der Waals surface area contributed by atoms with Crippen molar-refractivity contribution in [3.63, 3.8) is 0 Å². The van der Waals surface area contributed by atoms with Crippen molar-refractivity contribution in [2.24, 2.45) is 0 Å². The van der Waals surface area contributed by atoms with Crippen LogP contribution in [0.25, 0.3) is 0 Å². The number of benzene rings is 1. The summed E-state index contributed by atoms with van der Waals surface area (Å²) in [6.07, 6.45) is 0. The number of hydrogen-bond acceptors (Lipinski definition) is 5. The third kappa shape index (κ3) is 3.37. The van der Waals surface area contributed by atoms with Gasteiger partial charge in [0.2, 0.25) is 0 Å². The average Bonchev–Trinajstić information content (AvgIpc) is 2.39. The van der Waals surface area contributed by atoms with Gasteiger partial charge in [-0.15, -0.1) is 0 Å². The fourth-order valence-electron chi connectivity index (χ4n) is 1.58. The molecule has 1 aromatic heterocycles. The van der Waals surface area contributed by atoms with Crippen LogP contribution in [-0.4, -0.2) is 20.9 Å². The van der Waals surface area contributed by atoms with Crippen LogP contribution in [0, 0.1) is 10.1 Å². The van der Waals surface area contributed by atoms with E-state index in [1.165, 1.54) is 12.1 Å². The van der Waals surface area contributed by atoms with Gasteiger partial charge in [-0.25, -0.2) is 0 Å². The Bertz CT molecular complexity index is 787. The quantitative estimate of drug-likeness (QED) is 0.589. The van der Waals surface area contributed by atoms with Gasteiger partial charge < -0.3 is 10.4 Å². The Morgan fingerprint density at radius 1 is 1.33 bits per heavy atom. The molecular formula is C12H8ClN3O5. The van der Waals surface area contributed by atoms with E-state index in [1.807, 2.05) is 0 Å². The second kappa shape index (κ2) is 5.63. The molecule has 0 aliphatic carbocycles. The number of H-pyrrole nitrogens is 1. The van der Waals surface area contributed by atoms with Crippen molar-refractivity contribution >= 4 is 28.9 Å². The van der Waals surface area contributed by atoms with Crippen molar-refractivity contribution in [1.29, 1.82) is 0 Å². The zero-order valence-electron chi connectivity index (χ0n) is 10.3. The largest absolute Gasteiger partial charge is 0.494 e. The summed E-state index contributed by atoms with van der Waals surface area (Å²) in [7, 11) is 0. The molecule has 2 rings (SSSR count). The number of non-ortho nitro benzene ring substituents is 1. The van der Waals surface area contributed by atoms with Crippen molar-refractivity contribution in [2.45, 2.75) is 0 Å². The first-order chi connectivity index (χ1) is 9.86. The molecule has 8 nitrogen and oxygen atoms in total. The highest BCUT2D eigenvalue weighted by atomic mass is 35.5. The number of nitrogens with one attached hydrogen (secondary N) is 2. The molecule has 1 amide bonds. The van der Waals surface area contributed by atoms with Crippen molar-refractivity contribution < 1.29 is 14.8 Å². The molecule has 9 heteroatoms. The van der Waals surface area contributed by atoms with Crippen LogP contribution in [0.2, 0.25) is 5.02 Å². The number of nitrogens with zero attached hydrogens (tertiary/aromatic N) is 1. The number of halogens is 1. The molecule has 0 saturated carbocycles. The standard InChI is InChI=1S/C12H8ClN3O5/c13-8-2-1-7(16(20)21)5-9(8)14-12(19)6-3-10(17)15-11(18)4-6/h1-5H,(H,14,19)(H2,15,17,18). The zero-order valence-corrected chi connectivity index (χ0v) is 11.0. The molecule has 0 saturated heterocycles. The van der Waals surface area contributed by atoms with Crippen LogP contribution in [-0.2, 0) is 0 Å². The molecule has 0 spiro atoms. The maximum absolute atomic E-state index is 11.9. The van der Waals surface area contributed by atoms with Crippen LogP contribution in [0.4, 0.5) is 11.4 Å². The number of anilines is 1. The topological polar surface area (TPSA) is 125 Å². The summed E-state index contributed by atoms with van der Waals surface area (Å²) >= 11 is 5.84. The van der Waals surface area contributed by atoms with Crippen LogP contribution < -0.4 is 10.9 Å². The third-order valence-electron chi connectivity index (χ3n) is 2.50. The Morgan fingerprint density at radius 2 is 2.05 bits per heavy atom. The minimum absolute atomic E-state index is 0.0237. The smallest absolute Gasteiger partial charge is 0.271 e. The summed E-state index contributed by atoms with van der Waals surface area (Å²) in [5, 5.41) is 22.3. The monoisotopic (exact) mass is 309 g/mol. The van der Waals surface area contributed by atoms with Crippen LogP contribution in [0.1, 0.15) is 10.4 Å². The van der Waals surface area contributed by atoms with Gasteiger partial charge in [0.1, 0.15) is 0 Å². The van der Waals surface area contributed by atoms with Crippen molar-refractivity contribution in [1.82, 2.24) is 4.98 Å². The highest BCUT2D eigenvalue weighted by Crippen LogP contribution is 2.27. The molecule has 21 heavy (non-hydrogen) atoms. The number of carbonyl (C=O) groups is 1. The Hall–Kier alpha value is -2.87. The number of aromatic amines is 1. The molecule has 0 aliphatic rings. The number of amides is 1. The second-order valence-electron chi connectivity index (χ2n) is 3.99. The van der Waals surface area contributed by atoms with E-state index in [4.69, 9.17) is 11.6 Å². The molecule has 0 aliphatic heterocycles. The minimum atomic E-state index is -0.737. The summed E-state index contributed by atoms with van der Waals surface area (Å²) in [4.78, 5) is 35.2. The van der Waals surface area contributed by atoms with E-state index in [-0.39, 0.29) is 22.0 Å². The van der Waals surface area contributed by atoms with Gasteiger partial charge in [0.05, 0.1) is 21.2 Å². The van der Waals surface area contributed by atoms with Crippen molar-refractivity contribution in [2.75, 3.05) is 5.32 Å². The summed E-state index contributed by atoms with van der Waals surface area (Å²) in [6.45, 7) is 0. The van der Waals surface area contributed by atoms with Crippen LogP contribution in [0.3, 0.4) is 0 Å². The molecule has 1 heterocycles. The lowest BCUT2D eigenvalue weighted by Crippen LogP contribution is -2.16. The maximum atomic E-state index is 11.9. The van der Waals surface area contributed by atoms with E-state index in [2.05, 4.69) is 10.3 Å². The number of pyridine rings is 1. The van der Waals surface area contributed by atoms with Gasteiger partial charge in [-0.1, -0.05) is 11.6 Å². The molecular weight excluding hydrogens is 302 g/mol. The average molecular weight is 310 g/mol. The normalized spacial score (nSPS) is 10.1. The van der Waals surface area contributed by atoms with Gasteiger partial charge in [0.15, 0.2) is 5.88 Å². The lowest BCUT2D eigenvalue weighted by molar-refractivity contribution is -0.384. The lowest BCUT2D eigenvalue weighted by Gasteiger charge is -2.07. The van der Waals surface area contributed by atoms with E-state index in [0.29, 0.717) is 0 Å². The highest BCUT2D eigenvalue weighted by Gasteiger charge is 2.14. The van der Waals surface area contributed by atoms with Gasteiger partial charge in [0.25, 0.3) is 17.2 Å². The zero-order chi connectivity index (χ0) is 15.6. The van der Waals surface area contributed by atoms with Crippen LogP contribution in [0.15, 0.2) is 35.1 Å². The molecule has 108 valence electrons. The Balaban J connectivity index is 2.33. The number of aromatic hydroxyl groups is 1. The number of nitro groups is 1. The molecule has 1 aromatic carbocycles. The van der Waals surface area contributed by atoms with E-state index < -0.39 is 22.3 Å². The number of aromatic nitrogens is 1. The molecule has 0 unspecified atom stereocenters. The third-order valence-corrected chi connectivity index (χ3v) is 2.83. The molecule has 0 atom stereocenters. The molecule has 0 radical (unpaired) electrons. The number of rotatable bonds is 3. The fourth-order valence-corrected chi connectivity index (χ4v) is 1.74. The Kier molecular flexibility index (Phi) is 3.90. The van der Waals surface area contributed by atoms with Gasteiger partial charge in [-0.3, -0.25) is 24.7 Å². The van der Waals surface area contributed by atoms with Gasteiger partial charge in [-0.05, 0) is 6.07 Å². The molecule has 3 N–H and O–H groups in total. The molecule has 0 bridgehead atoms. The maximum Gasteiger partial charge on any atom is 0.271 e. The van der Waals surface area contributed by atoms with Crippen molar-refractivity contribution in [3.05, 3.63) is 61.4 Å². The first-order valence-corrected chi connectivity index (χ1v) is 5.93. The van der Waals surface area contributed by atoms with Gasteiger partial charge >= 0.3 is 0 Å². The summed E-state index contributed by atoms with van der Waals surface area (Å²) in [5.74, 6) is -1.21. The number of hydrogen-bond donors (Lipinski definition) is 3. The lowest BCUT2D eigenvalue weighted by atomic mass is 10.2. The summed E-state index contributed by atoms with van der Waals surface area (Å²) in [5.41, 5.74) is -0.997. The molecule has 0 fully saturated rings. The van der Waals surface area contributed by atoms with E-state index in [0.717, 1.165) is 18.2 Å². The number of carbonyl (C=O) groups excluding carboxylic acids is 1.